The van der Waals surface area contributed by atoms with Crippen LogP contribution < -0.4 is 0 Å². The van der Waals surface area contributed by atoms with Gasteiger partial charge < -0.3 is 9.32 Å². The van der Waals surface area contributed by atoms with Crippen LogP contribution in [0.5, 0.6) is 0 Å². The van der Waals surface area contributed by atoms with Gasteiger partial charge >= 0.3 is 0 Å². The molecular formula is C15H14N4O4. The molecule has 4 heterocycles. The molecule has 2 aromatic heterocycles. The lowest BCUT2D eigenvalue weighted by atomic mass is 10.1. The second-order valence-electron chi connectivity index (χ2n) is 5.67. The summed E-state index contributed by atoms with van der Waals surface area (Å²) in [6, 6.07) is 4.94. The minimum Gasteiger partial charge on any atom is -0.463 e. The molecule has 3 amide bonds. The summed E-state index contributed by atoms with van der Waals surface area (Å²) in [5.74, 6) is 0.0830. The predicted octanol–water partition coefficient (Wildman–Crippen LogP) is 0.643. The minimum atomic E-state index is -0.227. The highest BCUT2D eigenvalue weighted by molar-refractivity contribution is 6.02. The Morgan fingerprint density at radius 1 is 1.26 bits per heavy atom. The molecule has 118 valence electrons. The first-order chi connectivity index (χ1) is 11.1. The summed E-state index contributed by atoms with van der Waals surface area (Å²) in [6.45, 7) is 0.721. The molecule has 1 N–H and O–H groups in total. The minimum absolute atomic E-state index is 0.146. The molecule has 2 fully saturated rings. The fourth-order valence-corrected chi connectivity index (χ4v) is 2.94. The summed E-state index contributed by atoms with van der Waals surface area (Å²) in [6.07, 6.45) is 2.09. The lowest BCUT2D eigenvalue weighted by Crippen LogP contribution is -2.62. The van der Waals surface area contributed by atoms with Crippen molar-refractivity contribution in [2.24, 2.45) is 0 Å². The second-order valence-corrected chi connectivity index (χ2v) is 5.67. The maximum atomic E-state index is 12.4. The zero-order valence-corrected chi connectivity index (χ0v) is 12.2. The van der Waals surface area contributed by atoms with Gasteiger partial charge in [0.15, 0.2) is 11.5 Å². The monoisotopic (exact) mass is 314 g/mol. The molecule has 0 saturated carbocycles. The van der Waals surface area contributed by atoms with Gasteiger partial charge in [-0.1, -0.05) is 0 Å². The summed E-state index contributed by atoms with van der Waals surface area (Å²) in [4.78, 5) is 38.6. The van der Waals surface area contributed by atoms with Gasteiger partial charge in [0.25, 0.3) is 5.91 Å². The molecule has 0 unspecified atom stereocenters. The van der Waals surface area contributed by atoms with E-state index in [4.69, 9.17) is 4.42 Å². The van der Waals surface area contributed by atoms with Crippen molar-refractivity contribution in [3.05, 3.63) is 30.2 Å². The van der Waals surface area contributed by atoms with E-state index in [1.807, 2.05) is 0 Å². The van der Waals surface area contributed by atoms with Gasteiger partial charge in [0.1, 0.15) is 5.69 Å². The van der Waals surface area contributed by atoms with Crippen molar-refractivity contribution in [3.8, 4) is 11.5 Å². The molecule has 0 spiro atoms. The standard InChI is InChI=1S/C15H14N4O4/c20-13-3-4-14(21)19(13)9-7-18(8-9)15(22)11-6-10(16-17-11)12-2-1-5-23-12/h1-2,5-6,9H,3-4,7-8H2,(H,16,17). The van der Waals surface area contributed by atoms with Crippen LogP contribution in [0.1, 0.15) is 23.3 Å². The van der Waals surface area contributed by atoms with E-state index in [1.54, 1.807) is 29.4 Å². The Balaban J connectivity index is 1.42. The topological polar surface area (TPSA) is 99.5 Å². The summed E-state index contributed by atoms with van der Waals surface area (Å²) in [5, 5.41) is 6.77. The number of carbonyl (C=O) groups is 3. The summed E-state index contributed by atoms with van der Waals surface area (Å²) >= 11 is 0. The van der Waals surface area contributed by atoms with Crippen LogP contribution >= 0.6 is 0 Å². The maximum Gasteiger partial charge on any atom is 0.274 e. The van der Waals surface area contributed by atoms with E-state index in [0.717, 1.165) is 0 Å². The Morgan fingerprint density at radius 2 is 2.00 bits per heavy atom. The fraction of sp³-hybridized carbons (Fsp3) is 0.333. The van der Waals surface area contributed by atoms with Crippen molar-refractivity contribution in [1.82, 2.24) is 20.0 Å². The lowest BCUT2D eigenvalue weighted by molar-refractivity contribution is -0.144. The molecule has 2 aromatic rings. The molecule has 23 heavy (non-hydrogen) atoms. The predicted molar refractivity (Wildman–Crippen MR) is 77.1 cm³/mol. The fourth-order valence-electron chi connectivity index (χ4n) is 2.94. The first-order valence-corrected chi connectivity index (χ1v) is 7.37. The number of carbonyl (C=O) groups excluding carboxylic acids is 3. The van der Waals surface area contributed by atoms with E-state index in [9.17, 15) is 14.4 Å². The number of furan rings is 1. The van der Waals surface area contributed by atoms with Gasteiger partial charge in [-0.3, -0.25) is 24.4 Å². The number of imide groups is 1. The largest absolute Gasteiger partial charge is 0.463 e. The quantitative estimate of drug-likeness (QED) is 0.838. The first-order valence-electron chi connectivity index (χ1n) is 7.37. The number of H-pyrrole nitrogens is 1. The molecule has 2 aliphatic heterocycles. The molecule has 2 aliphatic rings. The Labute approximate surface area is 131 Å². The zero-order chi connectivity index (χ0) is 16.0. The molecular weight excluding hydrogens is 300 g/mol. The van der Waals surface area contributed by atoms with Crippen molar-refractivity contribution >= 4 is 17.7 Å². The summed E-state index contributed by atoms with van der Waals surface area (Å²) in [5.41, 5.74) is 0.911. The van der Waals surface area contributed by atoms with Crippen LogP contribution in [-0.2, 0) is 9.59 Å². The van der Waals surface area contributed by atoms with Gasteiger partial charge in [0.05, 0.1) is 12.3 Å². The Morgan fingerprint density at radius 3 is 2.65 bits per heavy atom. The molecule has 2 saturated heterocycles. The number of rotatable bonds is 3. The number of aromatic amines is 1. The van der Waals surface area contributed by atoms with Gasteiger partial charge in [-0.05, 0) is 12.1 Å². The third kappa shape index (κ3) is 2.23. The van der Waals surface area contributed by atoms with Crippen molar-refractivity contribution in [2.75, 3.05) is 13.1 Å². The van der Waals surface area contributed by atoms with Crippen molar-refractivity contribution in [2.45, 2.75) is 18.9 Å². The average Bonchev–Trinajstić information content (AvgIpc) is 3.20. The number of nitrogens with zero attached hydrogens (tertiary/aromatic N) is 3. The summed E-state index contributed by atoms with van der Waals surface area (Å²) in [7, 11) is 0. The molecule has 0 aromatic carbocycles. The van der Waals surface area contributed by atoms with Gasteiger partial charge in [-0.2, -0.15) is 5.10 Å². The number of aromatic nitrogens is 2. The van der Waals surface area contributed by atoms with Gasteiger partial charge in [0, 0.05) is 32.0 Å². The van der Waals surface area contributed by atoms with Crippen molar-refractivity contribution in [3.63, 3.8) is 0 Å². The Hall–Kier alpha value is -2.90. The highest BCUT2D eigenvalue weighted by Crippen LogP contribution is 2.24. The van der Waals surface area contributed by atoms with E-state index >= 15 is 0 Å². The SMILES string of the molecule is O=C(c1cc(-c2ccco2)[nH]n1)N1CC(N2C(=O)CCC2=O)C1. The van der Waals surface area contributed by atoms with E-state index < -0.39 is 0 Å². The lowest BCUT2D eigenvalue weighted by Gasteiger charge is -2.42. The van der Waals surface area contributed by atoms with E-state index in [2.05, 4.69) is 10.2 Å². The molecule has 8 nitrogen and oxygen atoms in total. The third-order valence-electron chi connectivity index (χ3n) is 4.19. The van der Waals surface area contributed by atoms with Crippen LogP contribution in [0.25, 0.3) is 11.5 Å². The first kappa shape index (κ1) is 13.7. The molecule has 0 atom stereocenters. The van der Waals surface area contributed by atoms with Gasteiger partial charge in [-0.15, -0.1) is 0 Å². The normalized spacial score (nSPS) is 18.6. The highest BCUT2D eigenvalue weighted by atomic mass is 16.3. The summed E-state index contributed by atoms with van der Waals surface area (Å²) < 4.78 is 5.24. The van der Waals surface area contributed by atoms with E-state index in [1.165, 1.54) is 4.90 Å². The van der Waals surface area contributed by atoms with Crippen molar-refractivity contribution < 1.29 is 18.8 Å². The zero-order valence-electron chi connectivity index (χ0n) is 12.2. The third-order valence-corrected chi connectivity index (χ3v) is 4.19. The molecule has 0 aliphatic carbocycles. The number of hydrogen-bond acceptors (Lipinski definition) is 5. The number of nitrogens with one attached hydrogen (secondary N) is 1. The number of likely N-dealkylation sites (tertiary alicyclic amines) is 2. The van der Waals surface area contributed by atoms with Crippen LogP contribution in [0.4, 0.5) is 0 Å². The Bertz CT molecular complexity index is 757. The number of amides is 3. The maximum absolute atomic E-state index is 12.4. The van der Waals surface area contributed by atoms with Crippen LogP contribution in [0, 0.1) is 0 Å². The van der Waals surface area contributed by atoms with E-state index in [-0.39, 0.29) is 42.3 Å². The smallest absolute Gasteiger partial charge is 0.274 e. The van der Waals surface area contributed by atoms with Crippen LogP contribution in [-0.4, -0.2) is 56.9 Å². The Kier molecular flexibility index (Phi) is 3.03. The van der Waals surface area contributed by atoms with Crippen LogP contribution in [0.3, 0.4) is 0 Å². The molecule has 4 rings (SSSR count). The van der Waals surface area contributed by atoms with Crippen molar-refractivity contribution in [1.29, 1.82) is 0 Å². The van der Waals surface area contributed by atoms with Crippen LogP contribution in [0.2, 0.25) is 0 Å². The highest BCUT2D eigenvalue weighted by Gasteiger charge is 2.43. The average molecular weight is 314 g/mol. The molecule has 0 bridgehead atoms. The van der Waals surface area contributed by atoms with Gasteiger partial charge in [0.2, 0.25) is 11.8 Å². The second kappa shape index (κ2) is 5.08. The molecule has 8 heteroatoms. The van der Waals surface area contributed by atoms with E-state index in [0.29, 0.717) is 24.5 Å². The van der Waals surface area contributed by atoms with Gasteiger partial charge in [-0.25, -0.2) is 0 Å². The molecule has 0 radical (unpaired) electrons. The van der Waals surface area contributed by atoms with Crippen LogP contribution in [0.15, 0.2) is 28.9 Å². The number of hydrogen-bond donors (Lipinski definition) is 1.